The molecule has 1 aliphatic heterocycles. The maximum atomic E-state index is 14.2. The van der Waals surface area contributed by atoms with Crippen LogP contribution >= 0.6 is 11.6 Å². The number of rotatable bonds is 9. The normalized spacial score (nSPS) is 24.2. The SMILES string of the molecule is CCOC(=O)c1[nH]c2ccc(NC(=O)[C@@H]3[C@H](C4CCCCC4)CCN3C(=O)[C@H]3CC[C@H](C(CF)NC(=O)OC(C)(C)C)CC3)cc2c1Cl. The lowest BCUT2D eigenvalue weighted by Gasteiger charge is -2.37. The number of aromatic nitrogens is 1. The molecule has 1 aromatic carbocycles. The first-order valence-electron chi connectivity index (χ1n) is 17.5. The standard InChI is InChI=1S/C36H50ClFN4O6/c1-5-47-34(45)30-29(37)26-19-24(15-16-27(26)40-30)39-32(43)31-25(21-9-7-6-8-10-21)17-18-42(31)33(44)23-13-11-22(12-14-23)28(20-38)41-35(46)48-36(2,3)4/h15-16,19,21-23,25,28,31,40H,5-14,17-18,20H2,1-4H3,(H,39,43)(H,41,46)/t22-,23-,25-,28?,31-/m0/s1. The Balaban J connectivity index is 1.29. The summed E-state index contributed by atoms with van der Waals surface area (Å²) in [6.07, 6.45) is 8.04. The van der Waals surface area contributed by atoms with Crippen molar-refractivity contribution in [3.05, 3.63) is 28.9 Å². The molecule has 0 radical (unpaired) electrons. The first-order valence-corrected chi connectivity index (χ1v) is 17.9. The predicted octanol–water partition coefficient (Wildman–Crippen LogP) is 7.40. The van der Waals surface area contributed by atoms with E-state index in [9.17, 15) is 23.6 Å². The average Bonchev–Trinajstić information content (AvgIpc) is 3.65. The number of carbonyl (C=O) groups excluding carboxylic acids is 4. The number of hydrogen-bond donors (Lipinski definition) is 3. The van der Waals surface area contributed by atoms with Crippen LogP contribution in [0.4, 0.5) is 14.9 Å². The summed E-state index contributed by atoms with van der Waals surface area (Å²) in [5.41, 5.74) is 0.653. The van der Waals surface area contributed by atoms with Gasteiger partial charge in [0.1, 0.15) is 24.0 Å². The predicted molar refractivity (Wildman–Crippen MR) is 183 cm³/mol. The number of benzene rings is 1. The first-order chi connectivity index (χ1) is 22.9. The number of amides is 3. The van der Waals surface area contributed by atoms with Crippen LogP contribution in [0, 0.1) is 23.7 Å². The molecule has 3 amide bonds. The van der Waals surface area contributed by atoms with E-state index in [4.69, 9.17) is 21.1 Å². The highest BCUT2D eigenvalue weighted by Gasteiger charge is 2.47. The molecule has 2 heterocycles. The van der Waals surface area contributed by atoms with Crippen molar-refractivity contribution in [2.24, 2.45) is 23.7 Å². The van der Waals surface area contributed by atoms with Crippen molar-refractivity contribution in [1.29, 1.82) is 0 Å². The number of fused-ring (bicyclic) bond motifs is 1. The zero-order valence-electron chi connectivity index (χ0n) is 28.5. The highest BCUT2D eigenvalue weighted by Crippen LogP contribution is 2.42. The van der Waals surface area contributed by atoms with Gasteiger partial charge in [0.2, 0.25) is 11.8 Å². The van der Waals surface area contributed by atoms with Crippen LogP contribution in [-0.4, -0.2) is 71.3 Å². The maximum absolute atomic E-state index is 14.2. The number of halogens is 2. The third-order valence-corrected chi connectivity index (χ3v) is 10.7. The molecule has 2 saturated carbocycles. The Morgan fingerprint density at radius 2 is 1.75 bits per heavy atom. The number of H-pyrrole nitrogens is 1. The molecule has 2 aliphatic carbocycles. The zero-order valence-corrected chi connectivity index (χ0v) is 29.3. The minimum absolute atomic E-state index is 0.0213. The number of nitrogens with zero attached hydrogens (tertiary/aromatic N) is 1. The lowest BCUT2D eigenvalue weighted by Crippen LogP contribution is -2.50. The summed E-state index contributed by atoms with van der Waals surface area (Å²) in [5, 5.41) is 6.58. The van der Waals surface area contributed by atoms with Crippen molar-refractivity contribution in [3.8, 4) is 0 Å². The fourth-order valence-electron chi connectivity index (χ4n) is 8.00. The Morgan fingerprint density at radius 1 is 1.04 bits per heavy atom. The molecular formula is C36H50ClFN4O6. The topological polar surface area (TPSA) is 130 Å². The van der Waals surface area contributed by atoms with E-state index in [0.29, 0.717) is 54.7 Å². The van der Waals surface area contributed by atoms with Crippen LogP contribution in [0.1, 0.15) is 102 Å². The molecule has 2 aromatic rings. The molecule has 3 atom stereocenters. The zero-order chi connectivity index (χ0) is 34.6. The molecule has 0 bridgehead atoms. The van der Waals surface area contributed by atoms with Crippen LogP contribution in [-0.2, 0) is 19.1 Å². The van der Waals surface area contributed by atoms with E-state index in [0.717, 1.165) is 32.1 Å². The van der Waals surface area contributed by atoms with Crippen LogP contribution in [0.2, 0.25) is 5.02 Å². The number of alkyl halides is 1. The van der Waals surface area contributed by atoms with Gasteiger partial charge < -0.3 is 30.0 Å². The maximum Gasteiger partial charge on any atom is 0.407 e. The molecule has 48 heavy (non-hydrogen) atoms. The monoisotopic (exact) mass is 688 g/mol. The number of carbonyl (C=O) groups is 4. The Hall–Kier alpha value is -3.34. The van der Waals surface area contributed by atoms with Crippen LogP contribution in [0.5, 0.6) is 0 Å². The van der Waals surface area contributed by atoms with Crippen molar-refractivity contribution >= 4 is 52.1 Å². The van der Waals surface area contributed by atoms with Gasteiger partial charge in [0.05, 0.1) is 17.7 Å². The molecule has 1 aromatic heterocycles. The summed E-state index contributed by atoms with van der Waals surface area (Å²) in [7, 11) is 0. The van der Waals surface area contributed by atoms with E-state index in [1.807, 2.05) is 0 Å². The molecule has 3 N–H and O–H groups in total. The number of aromatic amines is 1. The molecule has 3 aliphatic rings. The Bertz CT molecular complexity index is 1480. The average molecular weight is 689 g/mol. The molecule has 1 saturated heterocycles. The summed E-state index contributed by atoms with van der Waals surface area (Å²) in [5.74, 6) is -0.713. The van der Waals surface area contributed by atoms with E-state index in [2.05, 4.69) is 15.6 Å². The number of anilines is 1. The molecule has 0 spiro atoms. The van der Waals surface area contributed by atoms with E-state index >= 15 is 0 Å². The van der Waals surface area contributed by atoms with Gasteiger partial charge in [-0.25, -0.2) is 14.0 Å². The summed E-state index contributed by atoms with van der Waals surface area (Å²) >= 11 is 6.54. The van der Waals surface area contributed by atoms with E-state index in [1.165, 1.54) is 6.42 Å². The molecule has 10 nitrogen and oxygen atoms in total. The van der Waals surface area contributed by atoms with Gasteiger partial charge in [-0.05, 0) is 95.8 Å². The van der Waals surface area contributed by atoms with Crippen LogP contribution in [0.15, 0.2) is 18.2 Å². The summed E-state index contributed by atoms with van der Waals surface area (Å²) in [4.78, 5) is 57.8. The van der Waals surface area contributed by atoms with E-state index < -0.39 is 36.4 Å². The summed E-state index contributed by atoms with van der Waals surface area (Å²) in [6.45, 7) is 7.04. The minimum atomic E-state index is -0.705. The number of nitrogens with one attached hydrogen (secondary N) is 3. The second-order valence-electron chi connectivity index (χ2n) is 14.6. The lowest BCUT2D eigenvalue weighted by molar-refractivity contribution is -0.142. The fraction of sp³-hybridized carbons (Fsp3) is 0.667. The van der Waals surface area contributed by atoms with Gasteiger partial charge in [0.15, 0.2) is 0 Å². The van der Waals surface area contributed by atoms with Gasteiger partial charge in [-0.1, -0.05) is 43.7 Å². The minimum Gasteiger partial charge on any atom is -0.461 e. The quantitative estimate of drug-likeness (QED) is 0.236. The van der Waals surface area contributed by atoms with Crippen LogP contribution in [0.3, 0.4) is 0 Å². The van der Waals surface area contributed by atoms with Crippen LogP contribution < -0.4 is 10.6 Å². The molecule has 3 fully saturated rings. The largest absolute Gasteiger partial charge is 0.461 e. The van der Waals surface area contributed by atoms with Crippen LogP contribution in [0.25, 0.3) is 10.9 Å². The number of ether oxygens (including phenoxy) is 2. The second-order valence-corrected chi connectivity index (χ2v) is 15.0. The number of alkyl carbamates (subject to hydrolysis) is 1. The first kappa shape index (κ1) is 36.0. The number of likely N-dealkylation sites (tertiary alicyclic amines) is 1. The third-order valence-electron chi connectivity index (χ3n) is 10.3. The van der Waals surface area contributed by atoms with Gasteiger partial charge >= 0.3 is 12.1 Å². The summed E-state index contributed by atoms with van der Waals surface area (Å²) < 4.78 is 24.5. The lowest BCUT2D eigenvalue weighted by atomic mass is 9.76. The van der Waals surface area contributed by atoms with Crippen molar-refractivity contribution in [2.45, 2.75) is 110 Å². The number of hydrogen-bond acceptors (Lipinski definition) is 6. The second kappa shape index (κ2) is 15.5. The highest BCUT2D eigenvalue weighted by molar-refractivity contribution is 6.38. The third kappa shape index (κ3) is 8.26. The molecule has 12 heteroatoms. The molecule has 5 rings (SSSR count). The molecular weight excluding hydrogens is 639 g/mol. The van der Waals surface area contributed by atoms with Crippen molar-refractivity contribution in [2.75, 3.05) is 25.1 Å². The van der Waals surface area contributed by atoms with Crippen molar-refractivity contribution in [1.82, 2.24) is 15.2 Å². The molecule has 264 valence electrons. The smallest absolute Gasteiger partial charge is 0.407 e. The fourth-order valence-corrected chi connectivity index (χ4v) is 8.28. The van der Waals surface area contributed by atoms with Gasteiger partial charge in [0.25, 0.3) is 0 Å². The van der Waals surface area contributed by atoms with Gasteiger partial charge in [-0.2, -0.15) is 0 Å². The van der Waals surface area contributed by atoms with Crippen molar-refractivity contribution < 1.29 is 33.0 Å². The Morgan fingerprint density at radius 3 is 2.40 bits per heavy atom. The van der Waals surface area contributed by atoms with Gasteiger partial charge in [0, 0.05) is 29.1 Å². The Labute approximate surface area is 287 Å². The van der Waals surface area contributed by atoms with Crippen molar-refractivity contribution in [3.63, 3.8) is 0 Å². The molecule has 1 unspecified atom stereocenters. The summed E-state index contributed by atoms with van der Waals surface area (Å²) in [6, 6.07) is 3.98. The van der Waals surface area contributed by atoms with Gasteiger partial charge in [-0.3, -0.25) is 9.59 Å². The highest BCUT2D eigenvalue weighted by atomic mass is 35.5. The number of esters is 1. The van der Waals surface area contributed by atoms with E-state index in [1.54, 1.807) is 50.8 Å². The van der Waals surface area contributed by atoms with E-state index in [-0.39, 0.29) is 46.9 Å². The Kier molecular flexibility index (Phi) is 11.6. The van der Waals surface area contributed by atoms with Gasteiger partial charge in [-0.15, -0.1) is 0 Å².